The molecule has 2 aromatic rings. The van der Waals surface area contributed by atoms with Crippen LogP contribution in [-0.4, -0.2) is 39.5 Å². The van der Waals surface area contributed by atoms with Crippen molar-refractivity contribution in [2.24, 2.45) is 0 Å². The molecule has 2 rings (SSSR count). The number of hydrogen-bond donors (Lipinski definition) is 0. The number of benzene rings is 2. The van der Waals surface area contributed by atoms with Crippen LogP contribution in [0.15, 0.2) is 36.4 Å². The van der Waals surface area contributed by atoms with Crippen molar-refractivity contribution in [1.29, 1.82) is 0 Å². The van der Waals surface area contributed by atoms with E-state index in [1.54, 1.807) is 9.14 Å². The Bertz CT molecular complexity index is 538. The van der Waals surface area contributed by atoms with Gasteiger partial charge >= 0.3 is 126 Å². The van der Waals surface area contributed by atoms with Crippen molar-refractivity contribution in [2.45, 2.75) is 30.6 Å². The molecule has 0 aromatic heterocycles. The van der Waals surface area contributed by atoms with Gasteiger partial charge in [0.2, 0.25) is 0 Å². The first-order chi connectivity index (χ1) is 8.50. The standard InChI is InChI=1S/C11H8.C2H5.3CH3.2Sn/c1-9-6-7-10-4-2-3-5-11(10)8-9;1-2;;;;;/h3-8H,1H2;1H2,2H3;3*1H3;;. The summed E-state index contributed by atoms with van der Waals surface area (Å²) < 4.78 is 4.46. The molecule has 0 N–H and O–H groups in total. The summed E-state index contributed by atoms with van der Waals surface area (Å²) in [4.78, 5) is 7.45. The van der Waals surface area contributed by atoms with Crippen LogP contribution in [0.4, 0.5) is 0 Å². The van der Waals surface area contributed by atoms with Crippen LogP contribution in [0, 0.1) is 0 Å². The van der Waals surface area contributed by atoms with E-state index >= 15 is 0 Å². The van der Waals surface area contributed by atoms with E-state index in [1.807, 2.05) is 0 Å². The molecule has 0 spiro atoms. The summed E-state index contributed by atoms with van der Waals surface area (Å²) >= 11 is -2.02. The summed E-state index contributed by atoms with van der Waals surface area (Å²) in [6.07, 6.45) is 0. The molecule has 0 bridgehead atoms. The Morgan fingerprint density at radius 2 is 1.61 bits per heavy atom. The Balaban J connectivity index is 2.36. The van der Waals surface area contributed by atoms with Gasteiger partial charge in [0, 0.05) is 0 Å². The molecule has 2 radical (unpaired) electrons. The molecule has 0 aliphatic rings. The van der Waals surface area contributed by atoms with Gasteiger partial charge in [-0.1, -0.05) is 0 Å². The molecule has 0 atom stereocenters. The fourth-order valence-electron chi connectivity index (χ4n) is 2.14. The molecule has 0 aliphatic heterocycles. The Hall–Kier alpha value is 0.297. The summed E-state index contributed by atoms with van der Waals surface area (Å²) in [6.45, 7) is 2.33. The molecule has 18 heavy (non-hydrogen) atoms. The molecule has 2 aromatic carbocycles. The minimum atomic E-state index is -1.90. The van der Waals surface area contributed by atoms with Gasteiger partial charge in [-0.25, -0.2) is 0 Å². The van der Waals surface area contributed by atoms with Gasteiger partial charge in [0.05, 0.1) is 0 Å². The maximum absolute atomic E-state index is 2.48. The molecule has 2 heteroatoms. The first-order valence-electron chi connectivity index (χ1n) is 6.74. The Labute approximate surface area is 125 Å². The van der Waals surface area contributed by atoms with Crippen molar-refractivity contribution in [3.63, 3.8) is 0 Å². The van der Waals surface area contributed by atoms with Crippen molar-refractivity contribution in [2.75, 3.05) is 0 Å². The van der Waals surface area contributed by atoms with E-state index in [0.717, 1.165) is 0 Å². The van der Waals surface area contributed by atoms with Gasteiger partial charge in [-0.3, -0.25) is 0 Å². The second kappa shape index (κ2) is 6.17. The Morgan fingerprint density at radius 1 is 0.944 bits per heavy atom. The fraction of sp³-hybridized carbons (Fsp3) is 0.375. The quantitative estimate of drug-likeness (QED) is 0.616. The molecule has 0 heterocycles. The molecule has 0 fully saturated rings. The van der Waals surface area contributed by atoms with Crippen LogP contribution in [0.3, 0.4) is 0 Å². The van der Waals surface area contributed by atoms with Crippen LogP contribution >= 0.6 is 0 Å². The monoisotopic (exact) mass is 454 g/mol. The normalized spacial score (nSPS) is 12.0. The van der Waals surface area contributed by atoms with Crippen molar-refractivity contribution in [3.8, 4) is 0 Å². The van der Waals surface area contributed by atoms with Crippen LogP contribution in [-0.2, 0) is 4.44 Å². The van der Waals surface area contributed by atoms with Gasteiger partial charge in [-0.05, 0) is 0 Å². The van der Waals surface area contributed by atoms with E-state index in [9.17, 15) is 0 Å². The van der Waals surface area contributed by atoms with Gasteiger partial charge < -0.3 is 0 Å². The van der Waals surface area contributed by atoms with E-state index in [1.165, 1.54) is 19.6 Å². The summed E-state index contributed by atoms with van der Waals surface area (Å²) in [5, 5.41) is 2.87. The van der Waals surface area contributed by atoms with Crippen molar-refractivity contribution < 1.29 is 0 Å². The van der Waals surface area contributed by atoms with Crippen LogP contribution in [0.1, 0.15) is 12.5 Å². The zero-order chi connectivity index (χ0) is 13.2. The fourth-order valence-corrected chi connectivity index (χ4v) is 7.65. The summed E-state index contributed by atoms with van der Waals surface area (Å²) in [5.41, 5.74) is 1.56. The molecule has 0 saturated carbocycles. The van der Waals surface area contributed by atoms with Crippen LogP contribution < -0.4 is 3.58 Å². The van der Waals surface area contributed by atoms with E-state index in [-0.39, 0.29) is 21.1 Å². The molecule has 0 aliphatic carbocycles. The van der Waals surface area contributed by atoms with Gasteiger partial charge in [-0.2, -0.15) is 0 Å². The second-order valence-corrected chi connectivity index (χ2v) is 24.9. The number of rotatable bonds is 4. The SMILES string of the molecule is C[CH2][Sn][CH2]c1ccc2c[c]([Sn]([CH3])([CH3])[CH3])ccc2c1. The second-order valence-electron chi connectivity index (χ2n) is 5.93. The minimum absolute atomic E-state index is 0.122. The zero-order valence-corrected chi connectivity index (χ0v) is 17.6. The van der Waals surface area contributed by atoms with Crippen molar-refractivity contribution >= 4 is 53.9 Å². The Morgan fingerprint density at radius 3 is 2.28 bits per heavy atom. The van der Waals surface area contributed by atoms with Crippen LogP contribution in [0.5, 0.6) is 0 Å². The van der Waals surface area contributed by atoms with Gasteiger partial charge in [0.1, 0.15) is 0 Å². The predicted octanol–water partition coefficient (Wildman–Crippen LogP) is 4.03. The first-order valence-corrected chi connectivity index (χ1v) is 20.8. The van der Waals surface area contributed by atoms with E-state index in [0.29, 0.717) is 0 Å². The Kier molecular flexibility index (Phi) is 5.04. The number of hydrogen-bond acceptors (Lipinski definition) is 0. The topological polar surface area (TPSA) is 0 Å². The van der Waals surface area contributed by atoms with Crippen LogP contribution in [0.2, 0.25) is 19.3 Å². The third kappa shape index (κ3) is 3.66. The van der Waals surface area contributed by atoms with Gasteiger partial charge in [-0.15, -0.1) is 0 Å². The first kappa shape index (κ1) is 14.7. The van der Waals surface area contributed by atoms with E-state index in [4.69, 9.17) is 0 Å². The maximum atomic E-state index is 2.48. The van der Waals surface area contributed by atoms with Crippen molar-refractivity contribution in [3.05, 3.63) is 42.0 Å². The number of fused-ring (bicyclic) bond motifs is 1. The summed E-state index contributed by atoms with van der Waals surface area (Å²) in [5.74, 6) is 0. The van der Waals surface area contributed by atoms with E-state index < -0.39 is 18.4 Å². The van der Waals surface area contributed by atoms with E-state index in [2.05, 4.69) is 58.1 Å². The molecular formula is C16H22Sn2. The molecule has 0 saturated heterocycles. The third-order valence-electron chi connectivity index (χ3n) is 3.35. The molecule has 94 valence electrons. The predicted molar refractivity (Wildman–Crippen MR) is 86.9 cm³/mol. The molecular weight excluding hydrogens is 430 g/mol. The molecule has 0 amide bonds. The average molecular weight is 452 g/mol. The summed E-state index contributed by atoms with van der Waals surface area (Å²) in [6, 6.07) is 14.2. The molecule has 0 nitrogen and oxygen atoms in total. The van der Waals surface area contributed by atoms with Gasteiger partial charge in [0.15, 0.2) is 0 Å². The third-order valence-corrected chi connectivity index (χ3v) is 12.5. The summed E-state index contributed by atoms with van der Waals surface area (Å²) in [7, 11) is 0. The van der Waals surface area contributed by atoms with Crippen LogP contribution in [0.25, 0.3) is 10.8 Å². The van der Waals surface area contributed by atoms with Crippen molar-refractivity contribution in [1.82, 2.24) is 0 Å². The van der Waals surface area contributed by atoms with Gasteiger partial charge in [0.25, 0.3) is 0 Å². The average Bonchev–Trinajstić information content (AvgIpc) is 2.34. The molecule has 0 unspecified atom stereocenters. The zero-order valence-electron chi connectivity index (χ0n) is 11.9.